The van der Waals surface area contributed by atoms with Crippen molar-refractivity contribution in [3.63, 3.8) is 0 Å². The van der Waals surface area contributed by atoms with Crippen molar-refractivity contribution in [1.29, 1.82) is 0 Å². The third kappa shape index (κ3) is 4.88. The first-order valence-corrected chi connectivity index (χ1v) is 9.87. The van der Waals surface area contributed by atoms with Crippen molar-refractivity contribution in [2.24, 2.45) is 0 Å². The maximum Gasteiger partial charge on any atom is 0.336 e. The first-order chi connectivity index (χ1) is 15.0. The minimum Gasteiger partial charge on any atom is -0.463 e. The van der Waals surface area contributed by atoms with Crippen molar-refractivity contribution in [2.45, 2.75) is 19.8 Å². The molecular formula is C24H22FNO5. The summed E-state index contributed by atoms with van der Waals surface area (Å²) < 4.78 is 23.7. The van der Waals surface area contributed by atoms with Crippen LogP contribution in [0.3, 0.4) is 0 Å². The monoisotopic (exact) mass is 423 g/mol. The molecule has 0 spiro atoms. The van der Waals surface area contributed by atoms with E-state index in [1.165, 1.54) is 24.5 Å². The average Bonchev–Trinajstić information content (AvgIpc) is 2.79. The van der Waals surface area contributed by atoms with Crippen LogP contribution in [0.2, 0.25) is 0 Å². The van der Waals surface area contributed by atoms with Gasteiger partial charge in [-0.25, -0.2) is 14.0 Å². The molecule has 0 aromatic heterocycles. The van der Waals surface area contributed by atoms with Crippen LogP contribution in [0.1, 0.15) is 35.7 Å². The van der Waals surface area contributed by atoms with Crippen LogP contribution in [0.4, 0.5) is 4.39 Å². The highest BCUT2D eigenvalue weighted by Gasteiger charge is 2.36. The predicted molar refractivity (Wildman–Crippen MR) is 111 cm³/mol. The summed E-state index contributed by atoms with van der Waals surface area (Å²) in [5, 5.41) is 0. The molecule has 0 radical (unpaired) electrons. The minimum absolute atomic E-state index is 0.120. The number of benzene rings is 2. The van der Waals surface area contributed by atoms with Crippen LogP contribution in [0.15, 0.2) is 78.1 Å². The Morgan fingerprint density at radius 1 is 0.839 bits per heavy atom. The second-order valence-electron chi connectivity index (χ2n) is 6.67. The van der Waals surface area contributed by atoms with Gasteiger partial charge < -0.3 is 9.47 Å². The highest BCUT2D eigenvalue weighted by atomic mass is 19.1. The molecule has 2 aromatic carbocycles. The first kappa shape index (κ1) is 22.0. The summed E-state index contributed by atoms with van der Waals surface area (Å²) in [6, 6.07) is 13.9. The van der Waals surface area contributed by atoms with Crippen LogP contribution in [0.25, 0.3) is 0 Å². The quantitative estimate of drug-likeness (QED) is 0.658. The predicted octanol–water partition coefficient (Wildman–Crippen LogP) is 3.96. The molecule has 0 unspecified atom stereocenters. The van der Waals surface area contributed by atoms with Gasteiger partial charge in [0.15, 0.2) is 0 Å². The molecule has 0 atom stereocenters. The molecule has 2 aromatic rings. The molecule has 7 heteroatoms. The highest BCUT2D eigenvalue weighted by Crippen LogP contribution is 2.37. The number of esters is 2. The second-order valence-corrected chi connectivity index (χ2v) is 6.67. The zero-order valence-electron chi connectivity index (χ0n) is 17.2. The molecular weight excluding hydrogens is 401 g/mol. The largest absolute Gasteiger partial charge is 0.463 e. The van der Waals surface area contributed by atoms with Gasteiger partial charge in [0.2, 0.25) is 0 Å². The number of hydrogen-bond donors (Lipinski definition) is 0. The fourth-order valence-electron chi connectivity index (χ4n) is 3.29. The Bertz CT molecular complexity index is 992. The molecule has 0 aliphatic carbocycles. The van der Waals surface area contributed by atoms with Gasteiger partial charge in [-0.15, -0.1) is 0 Å². The summed E-state index contributed by atoms with van der Waals surface area (Å²) in [5.74, 6) is -3.08. The summed E-state index contributed by atoms with van der Waals surface area (Å²) in [5.41, 5.74) is 1.11. The Balaban J connectivity index is 2.12. The molecule has 0 saturated carbocycles. The summed E-state index contributed by atoms with van der Waals surface area (Å²) in [6.07, 6.45) is 2.70. The van der Waals surface area contributed by atoms with E-state index in [1.54, 1.807) is 38.1 Å². The highest BCUT2D eigenvalue weighted by molar-refractivity contribution is 6.02. The Kier molecular flexibility index (Phi) is 6.97. The SMILES string of the molecule is CCOC(=O)C1=CN(C(=O)c2ccc(F)cc2)C=C(C(=O)OCC)C1c1ccccc1. The lowest BCUT2D eigenvalue weighted by atomic mass is 9.83. The van der Waals surface area contributed by atoms with Crippen molar-refractivity contribution >= 4 is 17.8 Å². The van der Waals surface area contributed by atoms with Crippen molar-refractivity contribution in [3.8, 4) is 0 Å². The van der Waals surface area contributed by atoms with Gasteiger partial charge in [-0.05, 0) is 43.7 Å². The zero-order valence-corrected chi connectivity index (χ0v) is 17.2. The standard InChI is InChI=1S/C24H22FNO5/c1-3-30-23(28)19-14-26(22(27)17-10-12-18(25)13-11-17)15-20(24(29)31-4-2)21(19)16-8-6-5-7-9-16/h5-15,21H,3-4H2,1-2H3. The normalized spacial score (nSPS) is 13.8. The van der Waals surface area contributed by atoms with E-state index < -0.39 is 29.6 Å². The van der Waals surface area contributed by atoms with Crippen LogP contribution in [0.5, 0.6) is 0 Å². The van der Waals surface area contributed by atoms with E-state index in [-0.39, 0.29) is 29.9 Å². The maximum absolute atomic E-state index is 13.3. The molecule has 0 N–H and O–H groups in total. The molecule has 0 saturated heterocycles. The number of carbonyl (C=O) groups excluding carboxylic acids is 3. The van der Waals surface area contributed by atoms with Crippen LogP contribution < -0.4 is 0 Å². The third-order valence-electron chi connectivity index (χ3n) is 4.66. The lowest BCUT2D eigenvalue weighted by molar-refractivity contribution is -0.139. The van der Waals surface area contributed by atoms with Crippen LogP contribution in [-0.2, 0) is 19.1 Å². The van der Waals surface area contributed by atoms with E-state index in [0.717, 1.165) is 17.0 Å². The molecule has 1 heterocycles. The van der Waals surface area contributed by atoms with Gasteiger partial charge in [0, 0.05) is 18.0 Å². The third-order valence-corrected chi connectivity index (χ3v) is 4.66. The average molecular weight is 423 g/mol. The smallest absolute Gasteiger partial charge is 0.336 e. The van der Waals surface area contributed by atoms with E-state index in [2.05, 4.69) is 0 Å². The Hall–Kier alpha value is -3.74. The fraction of sp³-hybridized carbons (Fsp3) is 0.208. The van der Waals surface area contributed by atoms with E-state index in [1.807, 2.05) is 6.07 Å². The number of nitrogens with zero attached hydrogens (tertiary/aromatic N) is 1. The van der Waals surface area contributed by atoms with Gasteiger partial charge >= 0.3 is 11.9 Å². The van der Waals surface area contributed by atoms with Gasteiger partial charge in [-0.3, -0.25) is 9.69 Å². The van der Waals surface area contributed by atoms with Crippen LogP contribution in [-0.4, -0.2) is 36.0 Å². The van der Waals surface area contributed by atoms with Crippen LogP contribution in [0, 0.1) is 5.82 Å². The summed E-state index contributed by atoms with van der Waals surface area (Å²) >= 11 is 0. The van der Waals surface area contributed by atoms with E-state index in [4.69, 9.17) is 9.47 Å². The lowest BCUT2D eigenvalue weighted by Crippen LogP contribution is -2.32. The number of ether oxygens (including phenoxy) is 2. The van der Waals surface area contributed by atoms with Crippen molar-refractivity contribution < 1.29 is 28.2 Å². The summed E-state index contributed by atoms with van der Waals surface area (Å²) in [4.78, 5) is 39.7. The van der Waals surface area contributed by atoms with Crippen molar-refractivity contribution in [3.05, 3.63) is 95.1 Å². The van der Waals surface area contributed by atoms with Gasteiger partial charge in [0.05, 0.1) is 30.3 Å². The number of amides is 1. The van der Waals surface area contributed by atoms with Gasteiger partial charge in [-0.2, -0.15) is 0 Å². The van der Waals surface area contributed by atoms with E-state index >= 15 is 0 Å². The van der Waals surface area contributed by atoms with Gasteiger partial charge in [-0.1, -0.05) is 30.3 Å². The van der Waals surface area contributed by atoms with Gasteiger partial charge in [0.1, 0.15) is 5.82 Å². The van der Waals surface area contributed by atoms with Crippen LogP contribution >= 0.6 is 0 Å². The van der Waals surface area contributed by atoms with E-state index in [9.17, 15) is 18.8 Å². The number of rotatable bonds is 6. The molecule has 0 bridgehead atoms. The Morgan fingerprint density at radius 2 is 1.35 bits per heavy atom. The Labute approximate surface area is 179 Å². The molecule has 3 rings (SSSR count). The lowest BCUT2D eigenvalue weighted by Gasteiger charge is -2.29. The molecule has 6 nitrogen and oxygen atoms in total. The topological polar surface area (TPSA) is 72.9 Å². The second kappa shape index (κ2) is 9.84. The molecule has 160 valence electrons. The summed E-state index contributed by atoms with van der Waals surface area (Å²) in [6.45, 7) is 3.59. The maximum atomic E-state index is 13.3. The fourth-order valence-corrected chi connectivity index (χ4v) is 3.29. The zero-order chi connectivity index (χ0) is 22.4. The molecule has 1 amide bonds. The molecule has 1 aliphatic rings. The molecule has 1 aliphatic heterocycles. The molecule has 31 heavy (non-hydrogen) atoms. The number of carbonyl (C=O) groups is 3. The first-order valence-electron chi connectivity index (χ1n) is 9.87. The number of halogens is 1. The van der Waals surface area contributed by atoms with Crippen molar-refractivity contribution in [1.82, 2.24) is 4.90 Å². The number of hydrogen-bond acceptors (Lipinski definition) is 5. The Morgan fingerprint density at radius 3 is 1.84 bits per heavy atom. The minimum atomic E-state index is -0.767. The summed E-state index contributed by atoms with van der Waals surface area (Å²) in [7, 11) is 0. The molecule has 0 fully saturated rings. The van der Waals surface area contributed by atoms with Gasteiger partial charge in [0.25, 0.3) is 5.91 Å². The van der Waals surface area contributed by atoms with Crippen molar-refractivity contribution in [2.75, 3.05) is 13.2 Å². The van der Waals surface area contributed by atoms with E-state index in [0.29, 0.717) is 5.56 Å².